The Bertz CT molecular complexity index is 681. The fourth-order valence-corrected chi connectivity index (χ4v) is 2.92. The quantitative estimate of drug-likeness (QED) is 0.821. The molecular formula is C15H14BrNO3S. The third kappa shape index (κ3) is 3.71. The number of anilines is 1. The molecule has 0 saturated carbocycles. The average Bonchev–Trinajstić information content (AvgIpc) is 2.90. The van der Waals surface area contributed by atoms with E-state index in [4.69, 9.17) is 4.74 Å². The molecular weight excluding hydrogens is 354 g/mol. The van der Waals surface area contributed by atoms with Crippen LogP contribution in [0.15, 0.2) is 34.1 Å². The van der Waals surface area contributed by atoms with Crippen molar-refractivity contribution >= 4 is 44.1 Å². The monoisotopic (exact) mass is 367 g/mol. The van der Waals surface area contributed by atoms with Crippen molar-refractivity contribution in [2.24, 2.45) is 0 Å². The number of hydrogen-bond acceptors (Lipinski definition) is 4. The number of esters is 1. The van der Waals surface area contributed by atoms with Gasteiger partial charge in [-0.2, -0.15) is 0 Å². The van der Waals surface area contributed by atoms with Crippen molar-refractivity contribution in [1.82, 2.24) is 0 Å². The van der Waals surface area contributed by atoms with E-state index in [-0.39, 0.29) is 5.91 Å². The molecule has 21 heavy (non-hydrogen) atoms. The van der Waals surface area contributed by atoms with Crippen LogP contribution in [0.1, 0.15) is 33.2 Å². The van der Waals surface area contributed by atoms with E-state index in [1.54, 1.807) is 24.4 Å². The molecule has 110 valence electrons. The average molecular weight is 368 g/mol. The van der Waals surface area contributed by atoms with E-state index in [2.05, 4.69) is 21.2 Å². The molecule has 0 saturated heterocycles. The molecule has 1 amide bonds. The van der Waals surface area contributed by atoms with Crippen LogP contribution < -0.4 is 5.32 Å². The number of nitrogens with one attached hydrogen (secondary N) is 1. The summed E-state index contributed by atoms with van der Waals surface area (Å²) < 4.78 is 5.79. The van der Waals surface area contributed by atoms with Gasteiger partial charge in [-0.15, -0.1) is 11.3 Å². The molecule has 6 heteroatoms. The molecule has 1 N–H and O–H groups in total. The smallest absolute Gasteiger partial charge is 0.341 e. The van der Waals surface area contributed by atoms with Crippen LogP contribution in [-0.4, -0.2) is 18.5 Å². The number of carbonyl (C=O) groups excluding carboxylic acids is 2. The Hall–Kier alpha value is -1.66. The predicted molar refractivity (Wildman–Crippen MR) is 87.1 cm³/mol. The van der Waals surface area contributed by atoms with Crippen LogP contribution in [0.25, 0.3) is 0 Å². The van der Waals surface area contributed by atoms with Crippen molar-refractivity contribution in [1.29, 1.82) is 0 Å². The van der Waals surface area contributed by atoms with Crippen molar-refractivity contribution in [3.8, 4) is 0 Å². The zero-order chi connectivity index (χ0) is 15.4. The first-order chi connectivity index (χ1) is 10.0. The highest BCUT2D eigenvalue weighted by molar-refractivity contribution is 9.10. The standard InChI is InChI=1S/C15H14BrNO3S/c1-3-20-15(19)11-6-7-21-14(11)17-13(18)12-8-10(16)5-4-9(12)2/h4-8H,3H2,1-2H3,(H,17,18). The van der Waals surface area contributed by atoms with E-state index in [0.717, 1.165) is 10.0 Å². The fourth-order valence-electron chi connectivity index (χ4n) is 1.78. The van der Waals surface area contributed by atoms with Gasteiger partial charge >= 0.3 is 5.97 Å². The Morgan fingerprint density at radius 1 is 1.29 bits per heavy atom. The molecule has 0 aliphatic heterocycles. The molecule has 0 atom stereocenters. The molecule has 0 spiro atoms. The van der Waals surface area contributed by atoms with Gasteiger partial charge in [0.15, 0.2) is 0 Å². The maximum atomic E-state index is 12.3. The minimum Gasteiger partial charge on any atom is -0.462 e. The van der Waals surface area contributed by atoms with Gasteiger partial charge in [-0.05, 0) is 43.0 Å². The molecule has 0 bridgehead atoms. The Morgan fingerprint density at radius 3 is 2.76 bits per heavy atom. The molecule has 0 fully saturated rings. The van der Waals surface area contributed by atoms with E-state index < -0.39 is 5.97 Å². The summed E-state index contributed by atoms with van der Waals surface area (Å²) in [4.78, 5) is 24.1. The van der Waals surface area contributed by atoms with Gasteiger partial charge < -0.3 is 10.1 Å². The lowest BCUT2D eigenvalue weighted by molar-refractivity contribution is 0.0528. The van der Waals surface area contributed by atoms with E-state index in [1.807, 2.05) is 19.1 Å². The topological polar surface area (TPSA) is 55.4 Å². The van der Waals surface area contributed by atoms with Crippen molar-refractivity contribution in [3.05, 3.63) is 50.8 Å². The number of thiophene rings is 1. The maximum Gasteiger partial charge on any atom is 0.341 e. The number of hydrogen-bond donors (Lipinski definition) is 1. The third-order valence-corrected chi connectivity index (χ3v) is 4.15. The summed E-state index contributed by atoms with van der Waals surface area (Å²) in [5.74, 6) is -0.679. The Morgan fingerprint density at radius 2 is 2.05 bits per heavy atom. The second kappa shape index (κ2) is 6.87. The lowest BCUT2D eigenvalue weighted by Crippen LogP contribution is -2.15. The highest BCUT2D eigenvalue weighted by atomic mass is 79.9. The fraction of sp³-hybridized carbons (Fsp3) is 0.200. The first kappa shape index (κ1) is 15.7. The Labute approximate surface area is 135 Å². The summed E-state index contributed by atoms with van der Waals surface area (Å²) in [6, 6.07) is 7.13. The van der Waals surface area contributed by atoms with Crippen LogP contribution in [0.3, 0.4) is 0 Å². The molecule has 1 heterocycles. The molecule has 0 unspecified atom stereocenters. The second-order valence-corrected chi connectivity index (χ2v) is 6.13. The first-order valence-electron chi connectivity index (χ1n) is 6.35. The van der Waals surface area contributed by atoms with Crippen LogP contribution in [0, 0.1) is 6.92 Å². The normalized spacial score (nSPS) is 10.2. The van der Waals surface area contributed by atoms with Crippen molar-refractivity contribution in [2.45, 2.75) is 13.8 Å². The summed E-state index contributed by atoms with van der Waals surface area (Å²) in [5, 5.41) is 5.02. The minimum absolute atomic E-state index is 0.248. The van der Waals surface area contributed by atoms with Gasteiger partial charge in [0.1, 0.15) is 5.00 Å². The first-order valence-corrected chi connectivity index (χ1v) is 8.02. The largest absolute Gasteiger partial charge is 0.462 e. The van der Waals surface area contributed by atoms with Crippen LogP contribution >= 0.6 is 27.3 Å². The van der Waals surface area contributed by atoms with Gasteiger partial charge in [0.25, 0.3) is 5.91 Å². The van der Waals surface area contributed by atoms with E-state index in [1.165, 1.54) is 11.3 Å². The SMILES string of the molecule is CCOC(=O)c1ccsc1NC(=O)c1cc(Br)ccc1C. The van der Waals surface area contributed by atoms with Crippen LogP contribution in [0.4, 0.5) is 5.00 Å². The number of amides is 1. The van der Waals surface area contributed by atoms with Crippen LogP contribution in [0.5, 0.6) is 0 Å². The van der Waals surface area contributed by atoms with Crippen molar-refractivity contribution < 1.29 is 14.3 Å². The molecule has 0 aliphatic rings. The summed E-state index contributed by atoms with van der Waals surface area (Å²) >= 11 is 4.64. The minimum atomic E-state index is -0.431. The molecule has 2 rings (SSSR count). The van der Waals surface area contributed by atoms with Gasteiger partial charge in [0.2, 0.25) is 0 Å². The summed E-state index contributed by atoms with van der Waals surface area (Å²) in [6.45, 7) is 3.90. The number of aryl methyl sites for hydroxylation is 1. The van der Waals surface area contributed by atoms with Gasteiger partial charge in [-0.3, -0.25) is 4.79 Å². The second-order valence-electron chi connectivity index (χ2n) is 4.30. The summed E-state index contributed by atoms with van der Waals surface area (Å²) in [7, 11) is 0. The molecule has 2 aromatic rings. The van der Waals surface area contributed by atoms with Crippen molar-refractivity contribution in [3.63, 3.8) is 0 Å². The van der Waals surface area contributed by atoms with E-state index in [0.29, 0.717) is 22.7 Å². The van der Waals surface area contributed by atoms with E-state index in [9.17, 15) is 9.59 Å². The highest BCUT2D eigenvalue weighted by Gasteiger charge is 2.17. The number of rotatable bonds is 4. The molecule has 0 radical (unpaired) electrons. The van der Waals surface area contributed by atoms with Gasteiger partial charge in [0, 0.05) is 10.0 Å². The van der Waals surface area contributed by atoms with Gasteiger partial charge in [-0.25, -0.2) is 4.79 Å². The predicted octanol–water partition coefficient (Wildman–Crippen LogP) is 4.25. The number of carbonyl (C=O) groups is 2. The number of halogens is 1. The summed E-state index contributed by atoms with van der Waals surface area (Å²) in [6.07, 6.45) is 0. The van der Waals surface area contributed by atoms with Crippen LogP contribution in [-0.2, 0) is 4.74 Å². The zero-order valence-electron chi connectivity index (χ0n) is 11.6. The molecule has 0 aliphatic carbocycles. The molecule has 4 nitrogen and oxygen atoms in total. The van der Waals surface area contributed by atoms with Gasteiger partial charge in [0.05, 0.1) is 12.2 Å². The zero-order valence-corrected chi connectivity index (χ0v) is 14.0. The highest BCUT2D eigenvalue weighted by Crippen LogP contribution is 2.25. The van der Waals surface area contributed by atoms with Gasteiger partial charge in [-0.1, -0.05) is 22.0 Å². The molecule has 1 aromatic heterocycles. The number of ether oxygens (including phenoxy) is 1. The third-order valence-electron chi connectivity index (χ3n) is 2.83. The lowest BCUT2D eigenvalue weighted by atomic mass is 10.1. The summed E-state index contributed by atoms with van der Waals surface area (Å²) in [5.41, 5.74) is 1.81. The molecule has 1 aromatic carbocycles. The lowest BCUT2D eigenvalue weighted by Gasteiger charge is -2.08. The van der Waals surface area contributed by atoms with E-state index >= 15 is 0 Å². The maximum absolute atomic E-state index is 12.3. The Balaban J connectivity index is 2.22. The number of benzene rings is 1. The van der Waals surface area contributed by atoms with Crippen molar-refractivity contribution in [2.75, 3.05) is 11.9 Å². The van der Waals surface area contributed by atoms with Crippen LogP contribution in [0.2, 0.25) is 0 Å². The Kier molecular flexibility index (Phi) is 5.14.